The molecular weight excluding hydrogens is 390 g/mol. The lowest BCUT2D eigenvalue weighted by atomic mass is 9.87. The van der Waals surface area contributed by atoms with Crippen LogP contribution >= 0.6 is 0 Å². The van der Waals surface area contributed by atoms with Crippen molar-refractivity contribution >= 4 is 22.5 Å². The monoisotopic (exact) mass is 413 g/mol. The second-order valence-electron chi connectivity index (χ2n) is 7.75. The fourth-order valence-corrected chi connectivity index (χ4v) is 4.11. The number of amides is 1. The summed E-state index contributed by atoms with van der Waals surface area (Å²) in [6, 6.07) is 22.8. The predicted octanol–water partition coefficient (Wildman–Crippen LogP) is 4.91. The molecule has 156 valence electrons. The van der Waals surface area contributed by atoms with Crippen LogP contribution in [0.15, 0.2) is 79.0 Å². The Balaban J connectivity index is 1.87. The van der Waals surface area contributed by atoms with Crippen molar-refractivity contribution in [1.29, 1.82) is 0 Å². The van der Waals surface area contributed by atoms with E-state index in [-0.39, 0.29) is 12.1 Å². The zero-order valence-corrected chi connectivity index (χ0v) is 17.2. The molecule has 0 spiro atoms. The Morgan fingerprint density at radius 2 is 1.68 bits per heavy atom. The number of para-hydroxylation sites is 2. The van der Waals surface area contributed by atoms with Crippen LogP contribution in [0.5, 0.6) is 0 Å². The highest BCUT2D eigenvalue weighted by Crippen LogP contribution is 2.38. The lowest BCUT2D eigenvalue weighted by Crippen LogP contribution is -2.17. The van der Waals surface area contributed by atoms with Gasteiger partial charge in [-0.3, -0.25) is 14.9 Å². The van der Waals surface area contributed by atoms with Crippen molar-refractivity contribution in [2.24, 2.45) is 5.73 Å². The van der Waals surface area contributed by atoms with Gasteiger partial charge in [-0.2, -0.15) is 0 Å². The van der Waals surface area contributed by atoms with E-state index in [0.717, 1.165) is 22.0 Å². The second-order valence-corrected chi connectivity index (χ2v) is 7.75. The molecule has 1 aromatic heterocycles. The van der Waals surface area contributed by atoms with Gasteiger partial charge in [-0.25, -0.2) is 0 Å². The van der Waals surface area contributed by atoms with Gasteiger partial charge in [0.1, 0.15) is 0 Å². The maximum atomic E-state index is 11.9. The highest BCUT2D eigenvalue weighted by Gasteiger charge is 2.27. The number of aromatic nitrogens is 1. The lowest BCUT2D eigenvalue weighted by molar-refractivity contribution is -0.385. The van der Waals surface area contributed by atoms with Crippen LogP contribution in [0.1, 0.15) is 34.6 Å². The first-order chi connectivity index (χ1) is 14.9. The van der Waals surface area contributed by atoms with Gasteiger partial charge >= 0.3 is 0 Å². The van der Waals surface area contributed by atoms with E-state index in [9.17, 15) is 14.9 Å². The Kier molecular flexibility index (Phi) is 5.54. The van der Waals surface area contributed by atoms with Crippen LogP contribution in [0.4, 0.5) is 5.69 Å². The minimum absolute atomic E-state index is 0.0101. The smallest absolute Gasteiger partial charge is 0.273 e. The van der Waals surface area contributed by atoms with E-state index in [1.165, 1.54) is 11.6 Å². The molecule has 6 nitrogen and oxygen atoms in total. The maximum absolute atomic E-state index is 11.9. The molecular formula is C25H23N3O3. The standard InChI is InChI=1S/C25H23N3O3/c1-17-10-12-18(13-11-17)15-27-16-22(20-7-2-4-8-23(20)27)21(14-25(26)29)19-6-3-5-9-24(19)28(30)31/h2-13,16,21H,14-15H2,1H3,(H2,26,29). The number of rotatable bonds is 7. The fraction of sp³-hybridized carbons (Fsp3) is 0.160. The van der Waals surface area contributed by atoms with Gasteiger partial charge in [0.2, 0.25) is 5.91 Å². The van der Waals surface area contributed by atoms with E-state index in [1.807, 2.05) is 37.4 Å². The normalized spacial score (nSPS) is 12.0. The number of aryl methyl sites for hydroxylation is 1. The molecule has 1 amide bonds. The number of fused-ring (bicyclic) bond motifs is 1. The molecule has 0 aliphatic rings. The van der Waals surface area contributed by atoms with Gasteiger partial charge in [0, 0.05) is 47.6 Å². The lowest BCUT2D eigenvalue weighted by Gasteiger charge is -2.15. The van der Waals surface area contributed by atoms with Crippen LogP contribution in [0.25, 0.3) is 10.9 Å². The molecule has 4 aromatic rings. The number of primary amides is 1. The predicted molar refractivity (Wildman–Crippen MR) is 121 cm³/mol. The Hall–Kier alpha value is -3.93. The largest absolute Gasteiger partial charge is 0.370 e. The molecule has 0 radical (unpaired) electrons. The molecule has 6 heteroatoms. The van der Waals surface area contributed by atoms with Crippen molar-refractivity contribution in [3.8, 4) is 0 Å². The van der Waals surface area contributed by atoms with Crippen LogP contribution in [0, 0.1) is 17.0 Å². The van der Waals surface area contributed by atoms with E-state index in [0.29, 0.717) is 12.1 Å². The average Bonchev–Trinajstić information content (AvgIpc) is 3.12. The second kappa shape index (κ2) is 8.44. The van der Waals surface area contributed by atoms with Crippen molar-refractivity contribution < 1.29 is 9.72 Å². The van der Waals surface area contributed by atoms with E-state index in [1.54, 1.807) is 18.2 Å². The quantitative estimate of drug-likeness (QED) is 0.345. The van der Waals surface area contributed by atoms with Crippen molar-refractivity contribution in [2.45, 2.75) is 25.8 Å². The third-order valence-electron chi connectivity index (χ3n) is 5.58. The average molecular weight is 413 g/mol. The SMILES string of the molecule is Cc1ccc(Cn2cc(C(CC(N)=O)c3ccccc3[N+](=O)[O-])c3ccccc32)cc1. The number of nitrogens with two attached hydrogens (primary N) is 1. The summed E-state index contributed by atoms with van der Waals surface area (Å²) in [4.78, 5) is 23.2. The van der Waals surface area contributed by atoms with E-state index in [2.05, 4.69) is 28.8 Å². The Morgan fingerprint density at radius 1 is 1.00 bits per heavy atom. The molecule has 2 N–H and O–H groups in total. The number of hydrogen-bond acceptors (Lipinski definition) is 3. The van der Waals surface area contributed by atoms with Crippen molar-refractivity contribution in [1.82, 2.24) is 4.57 Å². The zero-order valence-electron chi connectivity index (χ0n) is 17.2. The van der Waals surface area contributed by atoms with E-state index < -0.39 is 16.7 Å². The Labute approximate surface area is 180 Å². The van der Waals surface area contributed by atoms with Gasteiger partial charge in [0.25, 0.3) is 5.69 Å². The maximum Gasteiger partial charge on any atom is 0.273 e. The molecule has 0 aliphatic carbocycles. The molecule has 0 bridgehead atoms. The van der Waals surface area contributed by atoms with Crippen LogP contribution in [0.3, 0.4) is 0 Å². The summed E-state index contributed by atoms with van der Waals surface area (Å²) in [5.41, 5.74) is 10.3. The first kappa shape index (κ1) is 20.3. The summed E-state index contributed by atoms with van der Waals surface area (Å²) in [5.74, 6) is -1.01. The number of nitrogens with zero attached hydrogens (tertiary/aromatic N) is 2. The number of nitro groups is 1. The van der Waals surface area contributed by atoms with Gasteiger partial charge in [0.05, 0.1) is 4.92 Å². The van der Waals surface area contributed by atoms with Gasteiger partial charge in [-0.05, 0) is 24.1 Å². The van der Waals surface area contributed by atoms with Crippen LogP contribution in [-0.4, -0.2) is 15.4 Å². The summed E-state index contributed by atoms with van der Waals surface area (Å²) >= 11 is 0. The van der Waals surface area contributed by atoms with Crippen LogP contribution < -0.4 is 5.73 Å². The van der Waals surface area contributed by atoms with Gasteiger partial charge in [-0.15, -0.1) is 0 Å². The molecule has 31 heavy (non-hydrogen) atoms. The summed E-state index contributed by atoms with van der Waals surface area (Å²) in [6.07, 6.45) is 1.98. The van der Waals surface area contributed by atoms with Gasteiger partial charge in [-0.1, -0.05) is 66.2 Å². The molecule has 0 aliphatic heterocycles. The third kappa shape index (κ3) is 4.19. The molecule has 0 saturated carbocycles. The van der Waals surface area contributed by atoms with E-state index >= 15 is 0 Å². The highest BCUT2D eigenvalue weighted by atomic mass is 16.6. The summed E-state index contributed by atoms with van der Waals surface area (Å²) < 4.78 is 2.12. The van der Waals surface area contributed by atoms with Crippen LogP contribution in [-0.2, 0) is 11.3 Å². The van der Waals surface area contributed by atoms with Gasteiger partial charge < -0.3 is 10.3 Å². The molecule has 1 heterocycles. The molecule has 1 unspecified atom stereocenters. The Bertz CT molecular complexity index is 1260. The number of carbonyl (C=O) groups excluding carboxylic acids is 1. The Morgan fingerprint density at radius 3 is 2.39 bits per heavy atom. The highest BCUT2D eigenvalue weighted by molar-refractivity contribution is 5.87. The molecule has 0 fully saturated rings. The van der Waals surface area contributed by atoms with Crippen molar-refractivity contribution in [3.05, 3.63) is 111 Å². The first-order valence-corrected chi connectivity index (χ1v) is 10.1. The summed E-state index contributed by atoms with van der Waals surface area (Å²) in [7, 11) is 0. The summed E-state index contributed by atoms with van der Waals surface area (Å²) in [6.45, 7) is 2.70. The van der Waals surface area contributed by atoms with Crippen molar-refractivity contribution in [2.75, 3.05) is 0 Å². The fourth-order valence-electron chi connectivity index (χ4n) is 4.11. The molecule has 0 saturated heterocycles. The zero-order chi connectivity index (χ0) is 22.0. The van der Waals surface area contributed by atoms with Crippen molar-refractivity contribution in [3.63, 3.8) is 0 Å². The molecule has 1 atom stereocenters. The minimum Gasteiger partial charge on any atom is -0.370 e. The number of carbonyl (C=O) groups is 1. The molecule has 4 rings (SSSR count). The summed E-state index contributed by atoms with van der Waals surface area (Å²) in [5, 5.41) is 12.6. The number of benzene rings is 3. The van der Waals surface area contributed by atoms with Gasteiger partial charge in [0.15, 0.2) is 0 Å². The topological polar surface area (TPSA) is 91.2 Å². The minimum atomic E-state index is -0.511. The first-order valence-electron chi connectivity index (χ1n) is 10.1. The molecule has 3 aromatic carbocycles. The van der Waals surface area contributed by atoms with E-state index in [4.69, 9.17) is 5.73 Å². The number of nitro benzene ring substituents is 1. The number of hydrogen-bond donors (Lipinski definition) is 1. The third-order valence-corrected chi connectivity index (χ3v) is 5.58. The van der Waals surface area contributed by atoms with Crippen LogP contribution in [0.2, 0.25) is 0 Å².